The molecule has 0 spiro atoms. The van der Waals surface area contributed by atoms with Crippen LogP contribution in [0, 0.1) is 11.6 Å². The molecule has 2 nitrogen and oxygen atoms in total. The summed E-state index contributed by atoms with van der Waals surface area (Å²) in [6.45, 7) is 0. The molecule has 2 rings (SSSR count). The average molecular weight is 328 g/mol. The number of methoxy groups -OCH3 is 1. The number of rotatable bonds is 3. The molecule has 0 aromatic heterocycles. The van der Waals surface area contributed by atoms with Crippen LogP contribution in [0.15, 0.2) is 40.9 Å². The lowest BCUT2D eigenvalue weighted by Crippen LogP contribution is -2.16. The number of benzene rings is 2. The second kappa shape index (κ2) is 5.67. The van der Waals surface area contributed by atoms with Crippen molar-refractivity contribution in [2.75, 3.05) is 7.11 Å². The first-order valence-corrected chi connectivity index (χ1v) is 6.37. The van der Waals surface area contributed by atoms with Crippen LogP contribution < -0.4 is 10.5 Å². The first-order valence-electron chi connectivity index (χ1n) is 5.57. The van der Waals surface area contributed by atoms with Crippen LogP contribution >= 0.6 is 15.9 Å². The molecular formula is C14H12BrF2NO. The summed E-state index contributed by atoms with van der Waals surface area (Å²) >= 11 is 3.03. The Balaban J connectivity index is 2.49. The molecule has 2 aromatic carbocycles. The summed E-state index contributed by atoms with van der Waals surface area (Å²) in [5, 5.41) is 0. The van der Waals surface area contributed by atoms with Crippen molar-refractivity contribution in [2.45, 2.75) is 6.04 Å². The summed E-state index contributed by atoms with van der Waals surface area (Å²) in [6.07, 6.45) is 0. The Morgan fingerprint density at radius 3 is 2.63 bits per heavy atom. The summed E-state index contributed by atoms with van der Waals surface area (Å²) in [6, 6.07) is 8.42. The Bertz CT molecular complexity index is 604. The van der Waals surface area contributed by atoms with Crippen molar-refractivity contribution < 1.29 is 13.5 Å². The van der Waals surface area contributed by atoms with E-state index in [2.05, 4.69) is 15.9 Å². The van der Waals surface area contributed by atoms with E-state index in [9.17, 15) is 8.78 Å². The van der Waals surface area contributed by atoms with E-state index in [0.717, 1.165) is 0 Å². The number of halogens is 3. The third kappa shape index (κ3) is 2.77. The third-order valence-corrected chi connectivity index (χ3v) is 3.46. The van der Waals surface area contributed by atoms with Gasteiger partial charge in [-0.15, -0.1) is 0 Å². The van der Waals surface area contributed by atoms with E-state index >= 15 is 0 Å². The highest BCUT2D eigenvalue weighted by Gasteiger charge is 2.20. The minimum Gasteiger partial charge on any atom is -0.497 e. The van der Waals surface area contributed by atoms with Crippen LogP contribution in [0.1, 0.15) is 17.2 Å². The Labute approximate surface area is 118 Å². The van der Waals surface area contributed by atoms with Gasteiger partial charge in [0.2, 0.25) is 0 Å². The fourth-order valence-corrected chi connectivity index (χ4v) is 2.18. The predicted molar refractivity (Wildman–Crippen MR) is 73.1 cm³/mol. The fourth-order valence-electron chi connectivity index (χ4n) is 1.83. The monoisotopic (exact) mass is 327 g/mol. The largest absolute Gasteiger partial charge is 0.497 e. The molecule has 0 fully saturated rings. The lowest BCUT2D eigenvalue weighted by atomic mass is 9.98. The van der Waals surface area contributed by atoms with Gasteiger partial charge in [-0.05, 0) is 45.8 Å². The highest BCUT2D eigenvalue weighted by atomic mass is 79.9. The van der Waals surface area contributed by atoms with Gasteiger partial charge in [-0.3, -0.25) is 0 Å². The summed E-state index contributed by atoms with van der Waals surface area (Å²) in [5.41, 5.74) is 6.37. The van der Waals surface area contributed by atoms with Crippen molar-refractivity contribution in [3.8, 4) is 5.75 Å². The summed E-state index contributed by atoms with van der Waals surface area (Å²) < 4.78 is 33.0. The highest BCUT2D eigenvalue weighted by Crippen LogP contribution is 2.30. The lowest BCUT2D eigenvalue weighted by Gasteiger charge is -2.16. The molecule has 0 aliphatic rings. The fraction of sp³-hybridized carbons (Fsp3) is 0.143. The van der Waals surface area contributed by atoms with Gasteiger partial charge in [-0.1, -0.05) is 12.1 Å². The van der Waals surface area contributed by atoms with Crippen molar-refractivity contribution in [3.05, 3.63) is 63.6 Å². The molecule has 0 bridgehead atoms. The van der Waals surface area contributed by atoms with E-state index in [1.54, 1.807) is 24.3 Å². The summed E-state index contributed by atoms with van der Waals surface area (Å²) in [4.78, 5) is 0. The molecule has 19 heavy (non-hydrogen) atoms. The van der Waals surface area contributed by atoms with E-state index in [4.69, 9.17) is 10.5 Å². The van der Waals surface area contributed by atoms with Gasteiger partial charge in [0.1, 0.15) is 17.4 Å². The Morgan fingerprint density at radius 1 is 1.21 bits per heavy atom. The van der Waals surface area contributed by atoms with Gasteiger partial charge in [0.05, 0.1) is 17.6 Å². The second-order valence-electron chi connectivity index (χ2n) is 4.01. The third-order valence-electron chi connectivity index (χ3n) is 2.84. The molecule has 0 aliphatic heterocycles. The SMILES string of the molecule is COc1cccc(C(N)c2c(F)ccc(Br)c2F)c1. The zero-order valence-corrected chi connectivity index (χ0v) is 11.7. The molecule has 0 radical (unpaired) electrons. The van der Waals surface area contributed by atoms with Crippen LogP contribution in [0.4, 0.5) is 8.78 Å². The number of hydrogen-bond acceptors (Lipinski definition) is 2. The first kappa shape index (κ1) is 14.0. The predicted octanol–water partition coefficient (Wildman–Crippen LogP) is 3.78. The van der Waals surface area contributed by atoms with Gasteiger partial charge < -0.3 is 10.5 Å². The number of ether oxygens (including phenoxy) is 1. The van der Waals surface area contributed by atoms with E-state index < -0.39 is 17.7 Å². The Hall–Kier alpha value is -1.46. The molecule has 0 aliphatic carbocycles. The normalized spacial score (nSPS) is 12.3. The minimum atomic E-state index is -0.896. The molecule has 0 saturated heterocycles. The molecule has 0 heterocycles. The van der Waals surface area contributed by atoms with Crippen LogP contribution in [0.3, 0.4) is 0 Å². The number of nitrogens with two attached hydrogens (primary N) is 1. The van der Waals surface area contributed by atoms with Crippen LogP contribution in [0.5, 0.6) is 5.75 Å². The van der Waals surface area contributed by atoms with E-state index in [0.29, 0.717) is 11.3 Å². The molecule has 100 valence electrons. The van der Waals surface area contributed by atoms with E-state index in [1.165, 1.54) is 19.2 Å². The molecular weight excluding hydrogens is 316 g/mol. The van der Waals surface area contributed by atoms with Crippen molar-refractivity contribution >= 4 is 15.9 Å². The summed E-state index contributed by atoms with van der Waals surface area (Å²) in [5.74, 6) is -0.768. The number of hydrogen-bond donors (Lipinski definition) is 1. The molecule has 1 atom stereocenters. The molecule has 2 N–H and O–H groups in total. The topological polar surface area (TPSA) is 35.2 Å². The zero-order valence-electron chi connectivity index (χ0n) is 10.2. The minimum absolute atomic E-state index is 0.164. The summed E-state index contributed by atoms with van der Waals surface area (Å²) in [7, 11) is 1.52. The molecule has 2 aromatic rings. The van der Waals surface area contributed by atoms with Crippen molar-refractivity contribution in [1.29, 1.82) is 0 Å². The van der Waals surface area contributed by atoms with Crippen molar-refractivity contribution in [2.24, 2.45) is 5.73 Å². The Kier molecular flexibility index (Phi) is 4.17. The van der Waals surface area contributed by atoms with E-state index in [1.807, 2.05) is 0 Å². The van der Waals surface area contributed by atoms with Gasteiger partial charge in [0.15, 0.2) is 0 Å². The first-order chi connectivity index (χ1) is 9.04. The maximum Gasteiger partial charge on any atom is 0.145 e. The highest BCUT2D eigenvalue weighted by molar-refractivity contribution is 9.10. The van der Waals surface area contributed by atoms with Gasteiger partial charge in [0, 0.05) is 5.56 Å². The molecule has 5 heteroatoms. The average Bonchev–Trinajstić information content (AvgIpc) is 2.43. The lowest BCUT2D eigenvalue weighted by molar-refractivity contribution is 0.414. The zero-order chi connectivity index (χ0) is 14.0. The Morgan fingerprint density at radius 2 is 1.95 bits per heavy atom. The van der Waals surface area contributed by atoms with Gasteiger partial charge in [0.25, 0.3) is 0 Å². The van der Waals surface area contributed by atoms with Gasteiger partial charge in [-0.25, -0.2) is 8.78 Å². The quantitative estimate of drug-likeness (QED) is 0.870. The van der Waals surface area contributed by atoms with Crippen LogP contribution in [-0.2, 0) is 0 Å². The maximum atomic E-state index is 14.0. The smallest absolute Gasteiger partial charge is 0.145 e. The van der Waals surface area contributed by atoms with Crippen molar-refractivity contribution in [3.63, 3.8) is 0 Å². The van der Waals surface area contributed by atoms with Crippen LogP contribution in [-0.4, -0.2) is 7.11 Å². The van der Waals surface area contributed by atoms with Gasteiger partial charge in [-0.2, -0.15) is 0 Å². The van der Waals surface area contributed by atoms with Crippen LogP contribution in [0.2, 0.25) is 0 Å². The molecule has 0 amide bonds. The van der Waals surface area contributed by atoms with Crippen molar-refractivity contribution in [1.82, 2.24) is 0 Å². The van der Waals surface area contributed by atoms with Gasteiger partial charge >= 0.3 is 0 Å². The molecule has 0 saturated carbocycles. The van der Waals surface area contributed by atoms with Crippen LogP contribution in [0.25, 0.3) is 0 Å². The standard InChI is InChI=1S/C14H12BrF2NO/c1-19-9-4-2-3-8(7-9)14(18)12-11(16)6-5-10(15)13(12)17/h2-7,14H,18H2,1H3. The van der Waals surface area contributed by atoms with E-state index in [-0.39, 0.29) is 10.0 Å². The second-order valence-corrected chi connectivity index (χ2v) is 4.87. The molecule has 1 unspecified atom stereocenters. The maximum absolute atomic E-state index is 14.0.